The van der Waals surface area contributed by atoms with Gasteiger partial charge in [-0.15, -0.1) is 0 Å². The zero-order chi connectivity index (χ0) is 16.4. The first-order valence-corrected chi connectivity index (χ1v) is 8.69. The molecular formula is C18H26N4O. The smallest absolute Gasteiger partial charge is 0.222 e. The first kappa shape index (κ1) is 16.0. The van der Waals surface area contributed by atoms with Crippen molar-refractivity contribution in [2.24, 2.45) is 5.92 Å². The molecule has 0 spiro atoms. The average Bonchev–Trinajstić information content (AvgIpc) is 3.16. The van der Waals surface area contributed by atoms with Crippen LogP contribution in [0.4, 0.5) is 0 Å². The second-order valence-corrected chi connectivity index (χ2v) is 6.82. The minimum absolute atomic E-state index is 0.290. The van der Waals surface area contributed by atoms with Crippen LogP contribution < -0.4 is 0 Å². The number of hydrogen-bond donors (Lipinski definition) is 0. The van der Waals surface area contributed by atoms with E-state index < -0.39 is 0 Å². The van der Waals surface area contributed by atoms with Crippen molar-refractivity contribution in [2.45, 2.75) is 52.5 Å². The van der Waals surface area contributed by atoms with Crippen LogP contribution in [0.2, 0.25) is 0 Å². The molecule has 2 aromatic heterocycles. The number of hydrogen-bond acceptors (Lipinski definition) is 3. The molecule has 0 bridgehead atoms. The second kappa shape index (κ2) is 6.69. The van der Waals surface area contributed by atoms with E-state index in [9.17, 15) is 4.79 Å². The van der Waals surface area contributed by atoms with Crippen LogP contribution in [0, 0.1) is 5.92 Å². The molecule has 0 aromatic carbocycles. The minimum atomic E-state index is 0.290. The van der Waals surface area contributed by atoms with Crippen molar-refractivity contribution in [2.75, 3.05) is 13.1 Å². The maximum atomic E-state index is 12.3. The van der Waals surface area contributed by atoms with Crippen LogP contribution in [0.25, 0.3) is 11.2 Å². The van der Waals surface area contributed by atoms with Gasteiger partial charge in [0.2, 0.25) is 5.91 Å². The normalized spacial score (nSPS) is 18.3. The third-order valence-corrected chi connectivity index (χ3v) is 4.69. The predicted octanol–water partition coefficient (Wildman–Crippen LogP) is 3.20. The highest BCUT2D eigenvalue weighted by Gasteiger charge is 2.30. The van der Waals surface area contributed by atoms with Crippen LogP contribution in [-0.2, 0) is 11.3 Å². The van der Waals surface area contributed by atoms with Crippen LogP contribution in [0.3, 0.4) is 0 Å². The first-order valence-electron chi connectivity index (χ1n) is 8.69. The Morgan fingerprint density at radius 2 is 2.26 bits per heavy atom. The molecule has 124 valence electrons. The summed E-state index contributed by atoms with van der Waals surface area (Å²) in [7, 11) is 0. The number of nitrogens with zero attached hydrogens (tertiary/aromatic N) is 4. The van der Waals surface area contributed by atoms with E-state index in [0.29, 0.717) is 24.2 Å². The Bertz CT molecular complexity index is 691. The van der Waals surface area contributed by atoms with Gasteiger partial charge in [0, 0.05) is 38.2 Å². The van der Waals surface area contributed by atoms with Gasteiger partial charge in [-0.05, 0) is 37.8 Å². The van der Waals surface area contributed by atoms with Crippen molar-refractivity contribution < 1.29 is 4.79 Å². The lowest BCUT2D eigenvalue weighted by Crippen LogP contribution is -2.28. The molecule has 0 radical (unpaired) electrons. The largest absolute Gasteiger partial charge is 0.342 e. The minimum Gasteiger partial charge on any atom is -0.342 e. The van der Waals surface area contributed by atoms with Crippen molar-refractivity contribution in [1.82, 2.24) is 19.4 Å². The lowest BCUT2D eigenvalue weighted by Gasteiger charge is -2.17. The van der Waals surface area contributed by atoms with Gasteiger partial charge in [0.1, 0.15) is 11.3 Å². The van der Waals surface area contributed by atoms with Crippen molar-refractivity contribution in [3.63, 3.8) is 0 Å². The van der Waals surface area contributed by atoms with E-state index in [0.717, 1.165) is 49.5 Å². The molecular weight excluding hydrogens is 288 g/mol. The summed E-state index contributed by atoms with van der Waals surface area (Å²) < 4.78 is 2.20. The summed E-state index contributed by atoms with van der Waals surface area (Å²) in [6.07, 6.45) is 4.45. The molecule has 5 nitrogen and oxygen atoms in total. The van der Waals surface area contributed by atoms with Gasteiger partial charge in [-0.2, -0.15) is 0 Å². The molecule has 5 heteroatoms. The van der Waals surface area contributed by atoms with E-state index in [4.69, 9.17) is 4.98 Å². The molecule has 3 rings (SSSR count). The van der Waals surface area contributed by atoms with Crippen LogP contribution in [0.5, 0.6) is 0 Å². The Hall–Kier alpha value is -1.91. The topological polar surface area (TPSA) is 51.0 Å². The third-order valence-electron chi connectivity index (χ3n) is 4.69. The van der Waals surface area contributed by atoms with Crippen LogP contribution >= 0.6 is 0 Å². The molecule has 0 unspecified atom stereocenters. The molecule has 1 amide bonds. The summed E-state index contributed by atoms with van der Waals surface area (Å²) in [5.41, 5.74) is 1.91. The fourth-order valence-electron chi connectivity index (χ4n) is 3.37. The van der Waals surface area contributed by atoms with E-state index in [1.54, 1.807) is 0 Å². The number of pyridine rings is 1. The zero-order valence-corrected chi connectivity index (χ0v) is 14.3. The van der Waals surface area contributed by atoms with Crippen molar-refractivity contribution in [3.05, 3.63) is 24.2 Å². The molecule has 1 aliphatic rings. The standard InChI is InChI=1S/C18H26N4O/c1-4-22-17(20-15-6-5-10-19-18(15)22)14-9-11-21(12-14)16(23)8-7-13(2)3/h5-6,10,13-14H,4,7-9,11-12H2,1-3H3/t14-/m1/s1. The van der Waals surface area contributed by atoms with Crippen molar-refractivity contribution >= 4 is 17.1 Å². The number of fused-ring (bicyclic) bond motifs is 1. The highest BCUT2D eigenvalue weighted by molar-refractivity contribution is 5.76. The predicted molar refractivity (Wildman–Crippen MR) is 91.2 cm³/mol. The van der Waals surface area contributed by atoms with E-state index >= 15 is 0 Å². The number of aryl methyl sites for hydroxylation is 1. The second-order valence-electron chi connectivity index (χ2n) is 6.82. The van der Waals surface area contributed by atoms with Crippen molar-refractivity contribution in [1.29, 1.82) is 0 Å². The molecule has 0 saturated carbocycles. The van der Waals surface area contributed by atoms with E-state index in [2.05, 4.69) is 30.3 Å². The van der Waals surface area contributed by atoms with E-state index in [1.165, 1.54) is 0 Å². The van der Waals surface area contributed by atoms with Gasteiger partial charge < -0.3 is 9.47 Å². The summed E-state index contributed by atoms with van der Waals surface area (Å²) >= 11 is 0. The molecule has 23 heavy (non-hydrogen) atoms. The van der Waals surface area contributed by atoms with Gasteiger partial charge >= 0.3 is 0 Å². The maximum absolute atomic E-state index is 12.3. The van der Waals surface area contributed by atoms with Gasteiger partial charge in [0.25, 0.3) is 0 Å². The van der Waals surface area contributed by atoms with Gasteiger partial charge in [0.05, 0.1) is 0 Å². The van der Waals surface area contributed by atoms with Gasteiger partial charge in [0.15, 0.2) is 5.65 Å². The van der Waals surface area contributed by atoms with Crippen LogP contribution in [-0.4, -0.2) is 38.4 Å². The summed E-state index contributed by atoms with van der Waals surface area (Å²) in [6, 6.07) is 3.94. The number of imidazole rings is 1. The van der Waals surface area contributed by atoms with Gasteiger partial charge in [-0.1, -0.05) is 13.8 Å². The molecule has 2 aromatic rings. The van der Waals surface area contributed by atoms with E-state index in [1.807, 2.05) is 23.2 Å². The SMILES string of the molecule is CCn1c([C@@H]2CCN(C(=O)CCC(C)C)C2)nc2cccnc21. The Labute approximate surface area is 137 Å². The monoisotopic (exact) mass is 314 g/mol. The number of rotatable bonds is 5. The highest BCUT2D eigenvalue weighted by Crippen LogP contribution is 2.29. The summed E-state index contributed by atoms with van der Waals surface area (Å²) in [5.74, 6) is 2.28. The Morgan fingerprint density at radius 3 is 3.00 bits per heavy atom. The summed E-state index contributed by atoms with van der Waals surface area (Å²) in [6.45, 7) is 8.95. The Morgan fingerprint density at radius 1 is 1.43 bits per heavy atom. The first-order chi connectivity index (χ1) is 11.1. The number of likely N-dealkylation sites (tertiary alicyclic amines) is 1. The number of carbonyl (C=O) groups excluding carboxylic acids is 1. The summed E-state index contributed by atoms with van der Waals surface area (Å²) in [5, 5.41) is 0. The number of amides is 1. The molecule has 1 atom stereocenters. The molecule has 1 saturated heterocycles. The Kier molecular flexibility index (Phi) is 4.64. The molecule has 0 aliphatic carbocycles. The average molecular weight is 314 g/mol. The molecule has 1 fully saturated rings. The van der Waals surface area contributed by atoms with E-state index in [-0.39, 0.29) is 0 Å². The molecule has 1 aliphatic heterocycles. The third kappa shape index (κ3) is 3.23. The summed E-state index contributed by atoms with van der Waals surface area (Å²) in [4.78, 5) is 23.6. The fraction of sp³-hybridized carbons (Fsp3) is 0.611. The fourth-order valence-corrected chi connectivity index (χ4v) is 3.37. The number of carbonyl (C=O) groups is 1. The molecule has 0 N–H and O–H groups in total. The van der Waals surface area contributed by atoms with Gasteiger partial charge in [-0.25, -0.2) is 9.97 Å². The highest BCUT2D eigenvalue weighted by atomic mass is 16.2. The van der Waals surface area contributed by atoms with Crippen LogP contribution in [0.15, 0.2) is 18.3 Å². The number of aromatic nitrogens is 3. The molecule has 3 heterocycles. The van der Waals surface area contributed by atoms with Crippen LogP contribution in [0.1, 0.15) is 51.8 Å². The quantitative estimate of drug-likeness (QED) is 0.851. The Balaban J connectivity index is 1.75. The lowest BCUT2D eigenvalue weighted by molar-refractivity contribution is -0.130. The van der Waals surface area contributed by atoms with Gasteiger partial charge in [-0.3, -0.25) is 4.79 Å². The van der Waals surface area contributed by atoms with Crippen molar-refractivity contribution in [3.8, 4) is 0 Å². The lowest BCUT2D eigenvalue weighted by atomic mass is 10.1. The maximum Gasteiger partial charge on any atom is 0.222 e. The zero-order valence-electron chi connectivity index (χ0n) is 14.3.